The summed E-state index contributed by atoms with van der Waals surface area (Å²) in [7, 11) is -3.80. The molecule has 0 bridgehead atoms. The minimum Gasteiger partial charge on any atom is -0.352 e. The molecule has 0 aliphatic heterocycles. The molecule has 0 saturated heterocycles. The highest BCUT2D eigenvalue weighted by atomic mass is 32.2. The molecule has 3 rings (SSSR count). The Morgan fingerprint density at radius 1 is 0.879 bits per heavy atom. The first kappa shape index (κ1) is 24.0. The van der Waals surface area contributed by atoms with Gasteiger partial charge in [0, 0.05) is 17.8 Å². The van der Waals surface area contributed by atoms with Crippen LogP contribution in [0.1, 0.15) is 46.0 Å². The minimum absolute atomic E-state index is 0.131. The summed E-state index contributed by atoms with van der Waals surface area (Å²) < 4.78 is 27.8. The molecule has 7 nitrogen and oxygen atoms in total. The van der Waals surface area contributed by atoms with Crippen LogP contribution in [0.2, 0.25) is 0 Å². The lowest BCUT2D eigenvalue weighted by atomic mass is 10.1. The average Bonchev–Trinajstić information content (AvgIpc) is 2.79. The second-order valence-corrected chi connectivity index (χ2v) is 9.29. The zero-order valence-corrected chi connectivity index (χ0v) is 19.4. The lowest BCUT2D eigenvalue weighted by molar-refractivity contribution is 0.0954. The first-order valence-electron chi connectivity index (χ1n) is 10.7. The van der Waals surface area contributed by atoms with Gasteiger partial charge in [-0.05, 0) is 55.8 Å². The van der Waals surface area contributed by atoms with Crippen LogP contribution in [0.4, 0.5) is 11.4 Å². The molecule has 3 aromatic rings. The topological polar surface area (TPSA) is 104 Å². The number of aryl methyl sites for hydroxylation is 1. The first-order chi connectivity index (χ1) is 15.8. The maximum Gasteiger partial charge on any atom is 0.261 e. The number of unbranched alkanes of at least 4 members (excludes halogenated alkanes) is 1. The normalized spacial score (nSPS) is 11.0. The number of nitrogens with one attached hydrogen (secondary N) is 3. The quantitative estimate of drug-likeness (QED) is 0.402. The molecule has 33 heavy (non-hydrogen) atoms. The lowest BCUT2D eigenvalue weighted by Gasteiger charge is -2.12. The van der Waals surface area contributed by atoms with E-state index < -0.39 is 15.9 Å². The fourth-order valence-electron chi connectivity index (χ4n) is 3.11. The Balaban J connectivity index is 1.75. The number of amides is 2. The van der Waals surface area contributed by atoms with Gasteiger partial charge in [0.05, 0.1) is 16.1 Å². The number of carbonyl (C=O) groups is 2. The van der Waals surface area contributed by atoms with E-state index in [-0.39, 0.29) is 22.1 Å². The molecule has 0 heterocycles. The monoisotopic (exact) mass is 465 g/mol. The van der Waals surface area contributed by atoms with Crippen LogP contribution in [-0.4, -0.2) is 26.8 Å². The highest BCUT2D eigenvalue weighted by Crippen LogP contribution is 2.20. The molecule has 2 amide bonds. The van der Waals surface area contributed by atoms with E-state index in [4.69, 9.17) is 0 Å². The zero-order chi connectivity index (χ0) is 23.8. The Labute approximate surface area is 194 Å². The summed E-state index contributed by atoms with van der Waals surface area (Å²) >= 11 is 0. The van der Waals surface area contributed by atoms with E-state index in [2.05, 4.69) is 15.4 Å². The maximum atomic E-state index is 12.9. The van der Waals surface area contributed by atoms with Gasteiger partial charge in [0.1, 0.15) is 0 Å². The second-order valence-electron chi connectivity index (χ2n) is 7.61. The molecule has 3 N–H and O–H groups in total. The third-order valence-electron chi connectivity index (χ3n) is 4.94. The molecular formula is C25H27N3O4S. The number of anilines is 2. The van der Waals surface area contributed by atoms with Crippen molar-refractivity contribution >= 4 is 33.2 Å². The summed E-state index contributed by atoms with van der Waals surface area (Å²) in [6.07, 6.45) is 1.83. The van der Waals surface area contributed by atoms with Crippen molar-refractivity contribution < 1.29 is 18.0 Å². The summed E-state index contributed by atoms with van der Waals surface area (Å²) in [6, 6.07) is 19.4. The predicted molar refractivity (Wildman–Crippen MR) is 130 cm³/mol. The molecule has 0 spiro atoms. The van der Waals surface area contributed by atoms with Crippen LogP contribution >= 0.6 is 0 Å². The van der Waals surface area contributed by atoms with Gasteiger partial charge in [-0.2, -0.15) is 0 Å². The Morgan fingerprint density at radius 2 is 1.61 bits per heavy atom. The summed E-state index contributed by atoms with van der Waals surface area (Å²) in [5.74, 6) is -0.723. The van der Waals surface area contributed by atoms with Crippen molar-refractivity contribution in [1.82, 2.24) is 5.32 Å². The van der Waals surface area contributed by atoms with Gasteiger partial charge in [-0.1, -0.05) is 49.2 Å². The van der Waals surface area contributed by atoms with Gasteiger partial charge in [-0.25, -0.2) is 8.42 Å². The van der Waals surface area contributed by atoms with Gasteiger partial charge in [-0.3, -0.25) is 14.3 Å². The second kappa shape index (κ2) is 10.8. The van der Waals surface area contributed by atoms with Crippen molar-refractivity contribution in [1.29, 1.82) is 0 Å². The molecular weight excluding hydrogens is 438 g/mol. The van der Waals surface area contributed by atoms with E-state index in [9.17, 15) is 18.0 Å². The first-order valence-corrected chi connectivity index (χ1v) is 12.2. The Morgan fingerprint density at radius 3 is 2.33 bits per heavy atom. The van der Waals surface area contributed by atoms with Gasteiger partial charge in [0.2, 0.25) is 0 Å². The molecule has 3 aromatic carbocycles. The van der Waals surface area contributed by atoms with E-state index in [1.54, 1.807) is 54.6 Å². The summed E-state index contributed by atoms with van der Waals surface area (Å²) in [4.78, 5) is 25.5. The van der Waals surface area contributed by atoms with Gasteiger partial charge in [0.25, 0.3) is 21.8 Å². The van der Waals surface area contributed by atoms with Crippen molar-refractivity contribution in [3.05, 3.63) is 89.5 Å². The zero-order valence-electron chi connectivity index (χ0n) is 18.6. The Hall–Kier alpha value is -3.65. The molecule has 0 radical (unpaired) electrons. The van der Waals surface area contributed by atoms with Crippen LogP contribution in [0.3, 0.4) is 0 Å². The molecule has 0 aliphatic carbocycles. The SMILES string of the molecule is CCCCNC(=O)c1ccccc1NC(=O)c1cccc(NS(=O)(=O)c2ccc(C)cc2)c1. The third-order valence-corrected chi connectivity index (χ3v) is 6.34. The number of hydrogen-bond acceptors (Lipinski definition) is 4. The van der Waals surface area contributed by atoms with Gasteiger partial charge >= 0.3 is 0 Å². The number of carbonyl (C=O) groups excluding carboxylic acids is 2. The highest BCUT2D eigenvalue weighted by molar-refractivity contribution is 7.92. The van der Waals surface area contributed by atoms with Gasteiger partial charge in [-0.15, -0.1) is 0 Å². The molecule has 0 fully saturated rings. The van der Waals surface area contributed by atoms with Crippen LogP contribution in [0.5, 0.6) is 0 Å². The summed E-state index contributed by atoms with van der Waals surface area (Å²) in [5.41, 5.74) is 2.20. The fourth-order valence-corrected chi connectivity index (χ4v) is 4.16. The van der Waals surface area contributed by atoms with Gasteiger partial charge < -0.3 is 10.6 Å². The van der Waals surface area contributed by atoms with Crippen LogP contribution in [0, 0.1) is 6.92 Å². The molecule has 0 unspecified atom stereocenters. The van der Waals surface area contributed by atoms with Gasteiger partial charge in [0.15, 0.2) is 0 Å². The Kier molecular flexibility index (Phi) is 7.84. The van der Waals surface area contributed by atoms with Crippen LogP contribution < -0.4 is 15.4 Å². The van der Waals surface area contributed by atoms with E-state index in [0.29, 0.717) is 17.8 Å². The van der Waals surface area contributed by atoms with E-state index in [1.165, 1.54) is 18.2 Å². The molecule has 0 aliphatic rings. The lowest BCUT2D eigenvalue weighted by Crippen LogP contribution is -2.26. The molecule has 0 aromatic heterocycles. The van der Waals surface area contributed by atoms with Crippen molar-refractivity contribution in [2.75, 3.05) is 16.6 Å². The summed E-state index contributed by atoms with van der Waals surface area (Å²) in [5, 5.41) is 5.59. The average molecular weight is 466 g/mol. The van der Waals surface area contributed by atoms with Crippen LogP contribution in [0.15, 0.2) is 77.7 Å². The molecule has 0 atom stereocenters. The number of benzene rings is 3. The number of sulfonamides is 1. The third kappa shape index (κ3) is 6.43. The predicted octanol–water partition coefficient (Wildman–Crippen LogP) is 4.58. The van der Waals surface area contributed by atoms with Crippen LogP contribution in [-0.2, 0) is 10.0 Å². The van der Waals surface area contributed by atoms with Crippen LogP contribution in [0.25, 0.3) is 0 Å². The highest BCUT2D eigenvalue weighted by Gasteiger charge is 2.17. The van der Waals surface area contributed by atoms with E-state index in [0.717, 1.165) is 18.4 Å². The Bertz CT molecular complexity index is 1240. The van der Waals surface area contributed by atoms with E-state index in [1.807, 2.05) is 13.8 Å². The van der Waals surface area contributed by atoms with Crippen molar-refractivity contribution in [2.45, 2.75) is 31.6 Å². The number of para-hydroxylation sites is 1. The molecule has 8 heteroatoms. The van der Waals surface area contributed by atoms with E-state index >= 15 is 0 Å². The maximum absolute atomic E-state index is 12.9. The largest absolute Gasteiger partial charge is 0.352 e. The minimum atomic E-state index is -3.80. The van der Waals surface area contributed by atoms with Crippen molar-refractivity contribution in [3.63, 3.8) is 0 Å². The standard InChI is InChI=1S/C25H27N3O4S/c1-3-4-16-26-25(30)22-10-5-6-11-23(22)27-24(29)19-8-7-9-20(17-19)28-33(31,32)21-14-12-18(2)13-15-21/h5-15,17,28H,3-4,16H2,1-2H3,(H,26,30)(H,27,29). The number of rotatable bonds is 9. The molecule has 0 saturated carbocycles. The fraction of sp³-hybridized carbons (Fsp3) is 0.200. The smallest absolute Gasteiger partial charge is 0.261 e. The molecule has 172 valence electrons. The number of hydrogen-bond donors (Lipinski definition) is 3. The van der Waals surface area contributed by atoms with Crippen molar-refractivity contribution in [3.8, 4) is 0 Å². The van der Waals surface area contributed by atoms with Crippen molar-refractivity contribution in [2.24, 2.45) is 0 Å². The summed E-state index contributed by atoms with van der Waals surface area (Å²) in [6.45, 7) is 4.47.